The van der Waals surface area contributed by atoms with Gasteiger partial charge in [-0.05, 0) is 45.6 Å². The van der Waals surface area contributed by atoms with Crippen LogP contribution in [-0.2, 0) is 4.74 Å². The first-order valence-electron chi connectivity index (χ1n) is 7.12. The van der Waals surface area contributed by atoms with E-state index in [-0.39, 0.29) is 12.1 Å². The molecule has 4 nitrogen and oxygen atoms in total. The number of nitrogens with zero attached hydrogens (tertiary/aromatic N) is 1. The van der Waals surface area contributed by atoms with Crippen molar-refractivity contribution in [3.63, 3.8) is 0 Å². The third kappa shape index (κ3) is 4.21. The number of ether oxygens (including phenoxy) is 1. The van der Waals surface area contributed by atoms with Gasteiger partial charge >= 0.3 is 6.09 Å². The molecular weight excluding hydrogens is 272 g/mol. The number of hydrogen-bond acceptors (Lipinski definition) is 4. The maximum Gasteiger partial charge on any atom is 0.407 e. The minimum absolute atomic E-state index is 0.187. The monoisotopic (exact) mass is 296 g/mol. The molecule has 5 heteroatoms. The molecular formula is C15H24N2O2S. The zero-order valence-corrected chi connectivity index (χ0v) is 13.5. The molecule has 1 aromatic rings. The summed E-state index contributed by atoms with van der Waals surface area (Å²) in [5, 5.41) is 5.08. The highest BCUT2D eigenvalue weighted by atomic mass is 32.1. The van der Waals surface area contributed by atoms with Gasteiger partial charge in [-0.25, -0.2) is 4.79 Å². The minimum atomic E-state index is -0.438. The number of carbonyl (C=O) groups excluding carboxylic acids is 1. The van der Waals surface area contributed by atoms with Gasteiger partial charge < -0.3 is 10.1 Å². The fraction of sp³-hybridized carbons (Fsp3) is 0.667. The number of alkyl carbamates (subject to hydrolysis) is 1. The van der Waals surface area contributed by atoms with Gasteiger partial charge in [0.2, 0.25) is 0 Å². The average molecular weight is 296 g/mol. The lowest BCUT2D eigenvalue weighted by Gasteiger charge is -2.24. The molecule has 2 heterocycles. The van der Waals surface area contributed by atoms with Crippen LogP contribution in [0.3, 0.4) is 0 Å². The van der Waals surface area contributed by atoms with E-state index in [1.807, 2.05) is 20.8 Å². The van der Waals surface area contributed by atoms with Gasteiger partial charge in [-0.2, -0.15) is 0 Å². The number of amides is 1. The van der Waals surface area contributed by atoms with Gasteiger partial charge in [0.05, 0.1) is 0 Å². The Labute approximate surface area is 125 Å². The van der Waals surface area contributed by atoms with E-state index in [9.17, 15) is 4.79 Å². The fourth-order valence-corrected chi connectivity index (χ4v) is 3.26. The third-order valence-electron chi connectivity index (χ3n) is 3.44. The Kier molecular flexibility index (Phi) is 4.70. The smallest absolute Gasteiger partial charge is 0.407 e. The Hall–Kier alpha value is -1.07. The summed E-state index contributed by atoms with van der Waals surface area (Å²) < 4.78 is 5.30. The molecule has 0 saturated carbocycles. The van der Waals surface area contributed by atoms with Crippen LogP contribution >= 0.6 is 11.3 Å². The normalized spacial score (nSPS) is 21.7. The van der Waals surface area contributed by atoms with E-state index >= 15 is 0 Å². The van der Waals surface area contributed by atoms with Gasteiger partial charge in [0.15, 0.2) is 0 Å². The number of likely N-dealkylation sites (tertiary alicyclic amines) is 1. The Morgan fingerprint density at radius 2 is 2.30 bits per heavy atom. The highest BCUT2D eigenvalue weighted by Crippen LogP contribution is 2.27. The first-order chi connectivity index (χ1) is 9.35. The fourth-order valence-electron chi connectivity index (χ4n) is 2.44. The lowest BCUT2D eigenvalue weighted by Crippen LogP contribution is -2.40. The largest absolute Gasteiger partial charge is 0.444 e. The summed E-state index contributed by atoms with van der Waals surface area (Å²) in [5.41, 5.74) is -0.438. The van der Waals surface area contributed by atoms with Crippen LogP contribution in [-0.4, -0.2) is 35.7 Å². The van der Waals surface area contributed by atoms with Crippen LogP contribution in [0.15, 0.2) is 17.5 Å². The maximum atomic E-state index is 11.8. The van der Waals surface area contributed by atoms with E-state index in [0.29, 0.717) is 6.04 Å². The molecule has 1 aliphatic rings. The quantitative estimate of drug-likeness (QED) is 0.929. The Bertz CT molecular complexity index is 439. The molecule has 0 spiro atoms. The Morgan fingerprint density at radius 3 is 2.90 bits per heavy atom. The van der Waals surface area contributed by atoms with Crippen molar-refractivity contribution in [2.45, 2.75) is 51.8 Å². The Balaban J connectivity index is 1.82. The molecule has 112 valence electrons. The Morgan fingerprint density at radius 1 is 1.55 bits per heavy atom. The van der Waals surface area contributed by atoms with Crippen LogP contribution in [0, 0.1) is 0 Å². The van der Waals surface area contributed by atoms with Crippen molar-refractivity contribution in [2.24, 2.45) is 0 Å². The minimum Gasteiger partial charge on any atom is -0.444 e. The van der Waals surface area contributed by atoms with Gasteiger partial charge in [-0.3, -0.25) is 4.90 Å². The van der Waals surface area contributed by atoms with E-state index in [0.717, 1.165) is 19.5 Å². The van der Waals surface area contributed by atoms with E-state index in [4.69, 9.17) is 4.74 Å². The van der Waals surface area contributed by atoms with Crippen LogP contribution < -0.4 is 5.32 Å². The van der Waals surface area contributed by atoms with Crippen LogP contribution in [0.2, 0.25) is 0 Å². The average Bonchev–Trinajstić information content (AvgIpc) is 2.95. The third-order valence-corrected chi connectivity index (χ3v) is 4.49. The SMILES string of the molecule is C[C@H](c1cccs1)N1CC[C@H](NC(=O)OC(C)(C)C)C1. The molecule has 1 amide bonds. The first-order valence-corrected chi connectivity index (χ1v) is 8.00. The molecule has 0 unspecified atom stereocenters. The van der Waals surface area contributed by atoms with Crippen molar-refractivity contribution in [3.05, 3.63) is 22.4 Å². The molecule has 1 aromatic heterocycles. The maximum absolute atomic E-state index is 11.8. The van der Waals surface area contributed by atoms with Crippen molar-refractivity contribution in [3.8, 4) is 0 Å². The zero-order valence-electron chi connectivity index (χ0n) is 12.7. The van der Waals surface area contributed by atoms with Crippen molar-refractivity contribution < 1.29 is 9.53 Å². The zero-order chi connectivity index (χ0) is 14.8. The van der Waals surface area contributed by atoms with Crippen LogP contribution in [0.4, 0.5) is 4.79 Å². The first kappa shape index (κ1) is 15.3. The predicted molar refractivity (Wildman–Crippen MR) is 82.1 cm³/mol. The summed E-state index contributed by atoms with van der Waals surface area (Å²) in [6.45, 7) is 9.77. The van der Waals surface area contributed by atoms with Gasteiger partial charge in [-0.15, -0.1) is 11.3 Å². The molecule has 0 bridgehead atoms. The molecule has 1 fully saturated rings. The van der Waals surface area contributed by atoms with Crippen molar-refractivity contribution in [1.29, 1.82) is 0 Å². The highest BCUT2D eigenvalue weighted by molar-refractivity contribution is 7.10. The van der Waals surface area contributed by atoms with Gasteiger partial charge in [0, 0.05) is 30.1 Å². The highest BCUT2D eigenvalue weighted by Gasteiger charge is 2.29. The van der Waals surface area contributed by atoms with Crippen molar-refractivity contribution in [1.82, 2.24) is 10.2 Å². The number of thiophene rings is 1. The molecule has 2 atom stereocenters. The molecule has 0 aliphatic carbocycles. The molecule has 1 aliphatic heterocycles. The second kappa shape index (κ2) is 6.14. The number of carbonyl (C=O) groups is 1. The van der Waals surface area contributed by atoms with Crippen LogP contribution in [0.5, 0.6) is 0 Å². The molecule has 20 heavy (non-hydrogen) atoms. The second-order valence-corrected chi connectivity index (χ2v) is 7.30. The standard InChI is InChI=1S/C15H24N2O2S/c1-11(13-6-5-9-20-13)17-8-7-12(10-17)16-14(18)19-15(2,3)4/h5-6,9,11-12H,7-8,10H2,1-4H3,(H,16,18)/t11-,12+/m1/s1. The van der Waals surface area contributed by atoms with E-state index in [1.54, 1.807) is 11.3 Å². The van der Waals surface area contributed by atoms with Crippen LogP contribution in [0.1, 0.15) is 45.0 Å². The van der Waals surface area contributed by atoms with E-state index < -0.39 is 5.60 Å². The molecule has 0 aromatic carbocycles. The lowest BCUT2D eigenvalue weighted by molar-refractivity contribution is 0.0504. The van der Waals surface area contributed by atoms with E-state index in [1.165, 1.54) is 4.88 Å². The predicted octanol–water partition coefficient (Wildman–Crippen LogP) is 3.41. The van der Waals surface area contributed by atoms with Crippen molar-refractivity contribution >= 4 is 17.4 Å². The number of rotatable bonds is 3. The number of nitrogens with one attached hydrogen (secondary N) is 1. The molecule has 1 saturated heterocycles. The summed E-state index contributed by atoms with van der Waals surface area (Å²) in [6, 6.07) is 4.86. The van der Waals surface area contributed by atoms with Gasteiger partial charge in [-0.1, -0.05) is 6.07 Å². The molecule has 0 radical (unpaired) electrons. The summed E-state index contributed by atoms with van der Waals surface area (Å²) in [5.74, 6) is 0. The summed E-state index contributed by atoms with van der Waals surface area (Å²) in [6.07, 6.45) is 0.669. The lowest BCUT2D eigenvalue weighted by atomic mass is 10.2. The summed E-state index contributed by atoms with van der Waals surface area (Å²) in [4.78, 5) is 15.6. The van der Waals surface area contributed by atoms with Crippen LogP contribution in [0.25, 0.3) is 0 Å². The summed E-state index contributed by atoms with van der Waals surface area (Å²) in [7, 11) is 0. The van der Waals surface area contributed by atoms with Crippen molar-refractivity contribution in [2.75, 3.05) is 13.1 Å². The second-order valence-electron chi connectivity index (χ2n) is 6.32. The number of hydrogen-bond donors (Lipinski definition) is 1. The summed E-state index contributed by atoms with van der Waals surface area (Å²) >= 11 is 1.79. The van der Waals surface area contributed by atoms with Gasteiger partial charge in [0.25, 0.3) is 0 Å². The van der Waals surface area contributed by atoms with E-state index in [2.05, 4.69) is 34.7 Å². The topological polar surface area (TPSA) is 41.6 Å². The molecule has 1 N–H and O–H groups in total. The molecule has 2 rings (SSSR count). The van der Waals surface area contributed by atoms with Gasteiger partial charge in [0.1, 0.15) is 5.60 Å².